The van der Waals surface area contributed by atoms with Gasteiger partial charge in [-0.25, -0.2) is 8.42 Å². The van der Waals surface area contributed by atoms with Gasteiger partial charge in [0.2, 0.25) is 11.8 Å². The molecule has 4 aromatic carbocycles. The van der Waals surface area contributed by atoms with E-state index in [2.05, 4.69) is 5.32 Å². The highest BCUT2D eigenvalue weighted by atomic mass is 35.5. The fourth-order valence-corrected chi connectivity index (χ4v) is 6.86. The number of ether oxygens (including phenoxy) is 2. The van der Waals surface area contributed by atoms with Crippen LogP contribution in [0.15, 0.2) is 102 Å². The molecular formula is C37H42ClN3O6S. The zero-order valence-electron chi connectivity index (χ0n) is 27.7. The molecule has 9 nitrogen and oxygen atoms in total. The molecule has 4 rings (SSSR count). The Morgan fingerprint density at radius 2 is 1.58 bits per heavy atom. The van der Waals surface area contributed by atoms with Gasteiger partial charge in [0.1, 0.15) is 24.1 Å². The third kappa shape index (κ3) is 9.29. The van der Waals surface area contributed by atoms with Crippen molar-refractivity contribution in [2.24, 2.45) is 0 Å². The molecule has 0 saturated heterocycles. The van der Waals surface area contributed by atoms with Crippen LogP contribution in [0, 0.1) is 6.92 Å². The Bertz CT molecular complexity index is 1780. The van der Waals surface area contributed by atoms with Gasteiger partial charge in [-0.2, -0.15) is 0 Å². The zero-order chi connectivity index (χ0) is 34.7. The van der Waals surface area contributed by atoms with Crippen molar-refractivity contribution >= 4 is 39.1 Å². The van der Waals surface area contributed by atoms with Crippen molar-refractivity contribution < 1.29 is 27.5 Å². The number of nitrogens with zero attached hydrogens (tertiary/aromatic N) is 2. The van der Waals surface area contributed by atoms with Crippen molar-refractivity contribution in [2.45, 2.75) is 50.6 Å². The van der Waals surface area contributed by atoms with Crippen molar-refractivity contribution in [2.75, 3.05) is 31.6 Å². The molecule has 0 bridgehead atoms. The lowest BCUT2D eigenvalue weighted by atomic mass is 10.0. The van der Waals surface area contributed by atoms with Crippen molar-refractivity contribution in [1.29, 1.82) is 0 Å². The summed E-state index contributed by atoms with van der Waals surface area (Å²) in [6, 6.07) is 26.6. The Kier molecular flexibility index (Phi) is 12.9. The van der Waals surface area contributed by atoms with E-state index in [0.717, 1.165) is 28.3 Å². The number of carbonyl (C=O) groups excluding carboxylic acids is 2. The van der Waals surface area contributed by atoms with Crippen LogP contribution in [0.5, 0.6) is 11.5 Å². The summed E-state index contributed by atoms with van der Waals surface area (Å²) in [4.78, 5) is 30.0. The van der Waals surface area contributed by atoms with Crippen LogP contribution in [0.4, 0.5) is 5.69 Å². The Hall–Kier alpha value is -4.54. The largest absolute Gasteiger partial charge is 0.497 e. The summed E-state index contributed by atoms with van der Waals surface area (Å²) in [7, 11) is -1.44. The number of carbonyl (C=O) groups is 2. The van der Waals surface area contributed by atoms with Gasteiger partial charge in [0, 0.05) is 30.6 Å². The molecule has 48 heavy (non-hydrogen) atoms. The van der Waals surface area contributed by atoms with Crippen LogP contribution in [-0.4, -0.2) is 58.5 Å². The van der Waals surface area contributed by atoms with E-state index in [1.54, 1.807) is 42.5 Å². The molecular weight excluding hydrogens is 650 g/mol. The monoisotopic (exact) mass is 691 g/mol. The highest BCUT2D eigenvalue weighted by molar-refractivity contribution is 7.92. The van der Waals surface area contributed by atoms with Gasteiger partial charge < -0.3 is 19.7 Å². The molecule has 4 aromatic rings. The van der Waals surface area contributed by atoms with E-state index in [4.69, 9.17) is 21.1 Å². The Morgan fingerprint density at radius 1 is 0.875 bits per heavy atom. The number of nitrogens with one attached hydrogen (secondary N) is 1. The quantitative estimate of drug-likeness (QED) is 0.136. The Balaban J connectivity index is 1.85. The van der Waals surface area contributed by atoms with E-state index in [0.29, 0.717) is 22.9 Å². The van der Waals surface area contributed by atoms with Gasteiger partial charge in [0.05, 0.1) is 24.8 Å². The van der Waals surface area contributed by atoms with Crippen molar-refractivity contribution in [3.63, 3.8) is 0 Å². The molecule has 0 spiro atoms. The van der Waals surface area contributed by atoms with Crippen LogP contribution in [0.2, 0.25) is 5.02 Å². The molecule has 0 unspecified atom stereocenters. The van der Waals surface area contributed by atoms with Crippen LogP contribution in [-0.2, 0) is 32.6 Å². The minimum atomic E-state index is -4.33. The minimum absolute atomic E-state index is 0.00571. The highest BCUT2D eigenvalue weighted by Crippen LogP contribution is 2.36. The third-order valence-electron chi connectivity index (χ3n) is 7.89. The van der Waals surface area contributed by atoms with E-state index in [1.165, 1.54) is 37.3 Å². The number of benzene rings is 4. The van der Waals surface area contributed by atoms with E-state index in [1.807, 2.05) is 50.2 Å². The molecule has 1 N–H and O–H groups in total. The number of hydrogen-bond acceptors (Lipinski definition) is 6. The maximum atomic E-state index is 14.7. The second kappa shape index (κ2) is 17.0. The molecule has 0 aromatic heterocycles. The zero-order valence-corrected chi connectivity index (χ0v) is 29.3. The normalized spacial score (nSPS) is 11.8. The summed E-state index contributed by atoms with van der Waals surface area (Å²) in [6.07, 6.45) is 1.85. The van der Waals surface area contributed by atoms with Crippen LogP contribution in [0.25, 0.3) is 0 Å². The highest BCUT2D eigenvalue weighted by Gasteiger charge is 2.35. The second-order valence-electron chi connectivity index (χ2n) is 11.4. The standard InChI is InChI=1S/C37H42ClN3O6S/c1-5-6-21-39-37(43)34(23-28-11-8-7-9-12-28)40(25-29-13-10-14-30(38)22-29)36(42)26-41(33-24-31(46-3)17-20-35(33)47-4)48(44,45)32-18-15-27(2)16-19-32/h7-20,22,24,34H,5-6,21,23,25-26H2,1-4H3,(H,39,43)/t34-/m0/s1. The second-order valence-corrected chi connectivity index (χ2v) is 13.7. The molecule has 1 atom stereocenters. The van der Waals surface area contributed by atoms with Gasteiger partial charge in [-0.15, -0.1) is 0 Å². The fraction of sp³-hybridized carbons (Fsp3) is 0.297. The summed E-state index contributed by atoms with van der Waals surface area (Å²) in [6.45, 7) is 3.70. The van der Waals surface area contributed by atoms with Crippen molar-refractivity contribution in [1.82, 2.24) is 10.2 Å². The smallest absolute Gasteiger partial charge is 0.264 e. The molecule has 0 saturated carbocycles. The van der Waals surface area contributed by atoms with Crippen LogP contribution >= 0.6 is 11.6 Å². The number of rotatable bonds is 16. The number of unbranched alkanes of at least 4 members (excludes halogenated alkanes) is 1. The summed E-state index contributed by atoms with van der Waals surface area (Å²) in [5, 5.41) is 3.46. The van der Waals surface area contributed by atoms with Gasteiger partial charge >= 0.3 is 0 Å². The molecule has 0 aliphatic heterocycles. The lowest BCUT2D eigenvalue weighted by Crippen LogP contribution is -2.53. The average Bonchev–Trinajstić information content (AvgIpc) is 3.09. The van der Waals surface area contributed by atoms with Crippen LogP contribution < -0.4 is 19.1 Å². The minimum Gasteiger partial charge on any atom is -0.497 e. The number of methoxy groups -OCH3 is 2. The lowest BCUT2D eigenvalue weighted by Gasteiger charge is -2.34. The molecule has 0 radical (unpaired) electrons. The number of hydrogen-bond donors (Lipinski definition) is 1. The summed E-state index contributed by atoms with van der Waals surface area (Å²) < 4.78 is 40.8. The van der Waals surface area contributed by atoms with Gasteiger partial charge in [-0.3, -0.25) is 13.9 Å². The Labute approximate surface area is 288 Å². The van der Waals surface area contributed by atoms with Gasteiger partial charge in [0.15, 0.2) is 0 Å². The number of amides is 2. The molecule has 0 heterocycles. The first-order valence-electron chi connectivity index (χ1n) is 15.7. The predicted molar refractivity (Wildman–Crippen MR) is 189 cm³/mol. The van der Waals surface area contributed by atoms with Gasteiger partial charge in [-0.1, -0.05) is 85.1 Å². The number of aryl methyl sites for hydroxylation is 1. The molecule has 0 fully saturated rings. The van der Waals surface area contributed by atoms with E-state index >= 15 is 0 Å². The molecule has 254 valence electrons. The maximum absolute atomic E-state index is 14.7. The van der Waals surface area contributed by atoms with Crippen molar-refractivity contribution in [3.8, 4) is 11.5 Å². The summed E-state index contributed by atoms with van der Waals surface area (Å²) in [5.41, 5.74) is 2.51. The molecule has 11 heteroatoms. The van der Waals surface area contributed by atoms with Gasteiger partial charge in [0.25, 0.3) is 10.0 Å². The number of anilines is 1. The van der Waals surface area contributed by atoms with Gasteiger partial charge in [-0.05, 0) is 60.9 Å². The lowest BCUT2D eigenvalue weighted by molar-refractivity contribution is -0.140. The van der Waals surface area contributed by atoms with Crippen molar-refractivity contribution in [3.05, 3.63) is 119 Å². The molecule has 2 amide bonds. The van der Waals surface area contributed by atoms with Crippen LogP contribution in [0.1, 0.15) is 36.5 Å². The van der Waals surface area contributed by atoms with E-state index < -0.39 is 28.5 Å². The first-order chi connectivity index (χ1) is 23.1. The SMILES string of the molecule is CCCCNC(=O)[C@H](Cc1ccccc1)N(Cc1cccc(Cl)c1)C(=O)CN(c1cc(OC)ccc1OC)S(=O)(=O)c1ccc(C)cc1. The molecule has 0 aliphatic rings. The van der Waals surface area contributed by atoms with Crippen LogP contribution in [0.3, 0.4) is 0 Å². The maximum Gasteiger partial charge on any atom is 0.264 e. The van der Waals surface area contributed by atoms with E-state index in [9.17, 15) is 18.0 Å². The number of sulfonamides is 1. The first kappa shape index (κ1) is 36.3. The predicted octanol–water partition coefficient (Wildman–Crippen LogP) is 6.42. The third-order valence-corrected chi connectivity index (χ3v) is 9.89. The average molecular weight is 692 g/mol. The van der Waals surface area contributed by atoms with E-state index in [-0.39, 0.29) is 35.2 Å². The number of halogens is 1. The fourth-order valence-electron chi connectivity index (χ4n) is 5.23. The topological polar surface area (TPSA) is 105 Å². The summed E-state index contributed by atoms with van der Waals surface area (Å²) in [5.74, 6) is -0.342. The molecule has 0 aliphatic carbocycles. The first-order valence-corrected chi connectivity index (χ1v) is 17.6. The summed E-state index contributed by atoms with van der Waals surface area (Å²) >= 11 is 6.33. The Morgan fingerprint density at radius 3 is 2.23 bits per heavy atom.